The van der Waals surface area contributed by atoms with Gasteiger partial charge < -0.3 is 0 Å². The highest BCUT2D eigenvalue weighted by molar-refractivity contribution is 7.97. The summed E-state index contributed by atoms with van der Waals surface area (Å²) in [6.07, 6.45) is 6.66. The second-order valence-electron chi connectivity index (χ2n) is 3.08. The van der Waals surface area contributed by atoms with Gasteiger partial charge in [0, 0.05) is 26.3 Å². The maximum atomic E-state index is 4.13. The summed E-state index contributed by atoms with van der Waals surface area (Å²) >= 11 is 1.82. The highest BCUT2D eigenvalue weighted by atomic mass is 32.2. The molecule has 1 fully saturated rings. The molecule has 0 spiro atoms. The molecule has 66 valence electrons. The van der Waals surface area contributed by atoms with Gasteiger partial charge >= 0.3 is 0 Å². The predicted octanol–water partition coefficient (Wildman–Crippen LogP) is 1.52. The molecule has 0 unspecified atom stereocenters. The van der Waals surface area contributed by atoms with Crippen LogP contribution in [0.25, 0.3) is 0 Å². The fourth-order valence-corrected chi connectivity index (χ4v) is 2.41. The average Bonchev–Trinajstić information content (AvgIpc) is 2.63. The van der Waals surface area contributed by atoms with Crippen LogP contribution in [0.1, 0.15) is 12.8 Å². The normalized spacial score (nSPS) is 18.8. The van der Waals surface area contributed by atoms with Crippen LogP contribution >= 0.6 is 11.9 Å². The van der Waals surface area contributed by atoms with Crippen molar-refractivity contribution < 1.29 is 0 Å². The first kappa shape index (κ1) is 8.13. The second kappa shape index (κ2) is 3.49. The maximum absolute atomic E-state index is 4.13. The van der Waals surface area contributed by atoms with Crippen LogP contribution in [0.5, 0.6) is 0 Å². The molecule has 1 aromatic rings. The Labute approximate surface area is 76.9 Å². The number of rotatable bonds is 2. The molecule has 0 N–H and O–H groups in total. The standard InChI is InChI=1S/C8H13N3S/c1-10-7-8(6-9-10)12-11-4-2-3-5-11/h6-7H,2-5H2,1H3. The van der Waals surface area contributed by atoms with Gasteiger partial charge in [-0.05, 0) is 24.8 Å². The molecule has 2 heterocycles. The Bertz CT molecular complexity index is 253. The SMILES string of the molecule is Cn1cc(SN2CCCC2)cn1. The first-order valence-corrected chi connectivity index (χ1v) is 5.03. The number of hydrogen-bond acceptors (Lipinski definition) is 3. The molecule has 0 bridgehead atoms. The lowest BCUT2D eigenvalue weighted by Gasteiger charge is -2.10. The summed E-state index contributed by atoms with van der Waals surface area (Å²) in [5.41, 5.74) is 0. The summed E-state index contributed by atoms with van der Waals surface area (Å²) in [5, 5.41) is 4.13. The van der Waals surface area contributed by atoms with E-state index in [4.69, 9.17) is 0 Å². The van der Waals surface area contributed by atoms with Gasteiger partial charge in [0.2, 0.25) is 0 Å². The zero-order chi connectivity index (χ0) is 8.39. The summed E-state index contributed by atoms with van der Waals surface area (Å²) in [6, 6.07) is 0. The van der Waals surface area contributed by atoms with E-state index in [1.54, 1.807) is 0 Å². The van der Waals surface area contributed by atoms with Crippen molar-refractivity contribution in [3.63, 3.8) is 0 Å². The minimum Gasteiger partial charge on any atom is -0.275 e. The second-order valence-corrected chi connectivity index (χ2v) is 4.25. The van der Waals surface area contributed by atoms with Crippen molar-refractivity contribution in [3.05, 3.63) is 12.4 Å². The quantitative estimate of drug-likeness (QED) is 0.649. The van der Waals surface area contributed by atoms with E-state index in [0.717, 1.165) is 0 Å². The summed E-state index contributed by atoms with van der Waals surface area (Å²) < 4.78 is 4.25. The molecule has 0 aromatic carbocycles. The van der Waals surface area contributed by atoms with Gasteiger partial charge in [0.05, 0.1) is 11.1 Å². The molecule has 0 atom stereocenters. The number of aromatic nitrogens is 2. The summed E-state index contributed by atoms with van der Waals surface area (Å²) in [4.78, 5) is 1.25. The maximum Gasteiger partial charge on any atom is 0.0639 e. The zero-order valence-electron chi connectivity index (χ0n) is 7.23. The highest BCUT2D eigenvalue weighted by Crippen LogP contribution is 2.25. The van der Waals surface area contributed by atoms with Crippen LogP contribution in [-0.4, -0.2) is 27.2 Å². The van der Waals surface area contributed by atoms with Crippen molar-refractivity contribution in [3.8, 4) is 0 Å². The molecule has 1 aliphatic heterocycles. The first-order valence-electron chi connectivity index (χ1n) is 4.26. The third kappa shape index (κ3) is 1.81. The van der Waals surface area contributed by atoms with Gasteiger partial charge in [-0.25, -0.2) is 4.31 Å². The van der Waals surface area contributed by atoms with Crippen LogP contribution in [0, 0.1) is 0 Å². The zero-order valence-corrected chi connectivity index (χ0v) is 8.05. The Balaban J connectivity index is 1.94. The molecule has 1 aliphatic rings. The monoisotopic (exact) mass is 183 g/mol. The number of hydrogen-bond donors (Lipinski definition) is 0. The van der Waals surface area contributed by atoms with Gasteiger partial charge in [-0.2, -0.15) is 5.10 Å². The van der Waals surface area contributed by atoms with Crippen LogP contribution in [0.4, 0.5) is 0 Å². The van der Waals surface area contributed by atoms with Gasteiger partial charge in [-0.15, -0.1) is 0 Å². The van der Waals surface area contributed by atoms with Crippen LogP contribution in [-0.2, 0) is 7.05 Å². The fourth-order valence-electron chi connectivity index (χ4n) is 1.37. The molecular formula is C8H13N3S. The van der Waals surface area contributed by atoms with Gasteiger partial charge in [-0.3, -0.25) is 4.68 Å². The third-order valence-corrected chi connectivity index (χ3v) is 3.03. The van der Waals surface area contributed by atoms with Crippen LogP contribution in [0.15, 0.2) is 17.3 Å². The van der Waals surface area contributed by atoms with E-state index >= 15 is 0 Å². The predicted molar refractivity (Wildman–Crippen MR) is 49.9 cm³/mol. The minimum atomic E-state index is 1.22. The van der Waals surface area contributed by atoms with Gasteiger partial charge in [0.1, 0.15) is 0 Å². The van der Waals surface area contributed by atoms with Crippen LogP contribution in [0.3, 0.4) is 0 Å². The van der Waals surface area contributed by atoms with Crippen LogP contribution in [0.2, 0.25) is 0 Å². The lowest BCUT2D eigenvalue weighted by molar-refractivity contribution is 0.586. The van der Waals surface area contributed by atoms with E-state index in [-0.39, 0.29) is 0 Å². The van der Waals surface area contributed by atoms with Crippen molar-refractivity contribution in [1.82, 2.24) is 14.1 Å². The molecule has 0 aliphatic carbocycles. The Hall–Kier alpha value is -0.480. The molecule has 2 rings (SSSR count). The lowest BCUT2D eigenvalue weighted by atomic mass is 10.4. The molecular weight excluding hydrogens is 170 g/mol. The van der Waals surface area contributed by atoms with E-state index in [2.05, 4.69) is 15.6 Å². The topological polar surface area (TPSA) is 21.1 Å². The van der Waals surface area contributed by atoms with E-state index in [1.165, 1.54) is 30.8 Å². The van der Waals surface area contributed by atoms with Crippen molar-refractivity contribution in [2.24, 2.45) is 7.05 Å². The van der Waals surface area contributed by atoms with Crippen molar-refractivity contribution in [1.29, 1.82) is 0 Å². The molecule has 4 heteroatoms. The van der Waals surface area contributed by atoms with Crippen molar-refractivity contribution >= 4 is 11.9 Å². The number of aryl methyl sites for hydroxylation is 1. The van der Waals surface area contributed by atoms with E-state index in [9.17, 15) is 0 Å². The highest BCUT2D eigenvalue weighted by Gasteiger charge is 2.12. The van der Waals surface area contributed by atoms with Crippen molar-refractivity contribution in [2.75, 3.05) is 13.1 Å². The average molecular weight is 183 g/mol. The van der Waals surface area contributed by atoms with Gasteiger partial charge in [-0.1, -0.05) is 0 Å². The molecule has 3 nitrogen and oxygen atoms in total. The molecule has 1 aromatic heterocycles. The molecule has 1 saturated heterocycles. The van der Waals surface area contributed by atoms with Gasteiger partial charge in [0.25, 0.3) is 0 Å². The van der Waals surface area contributed by atoms with Gasteiger partial charge in [0.15, 0.2) is 0 Å². The smallest absolute Gasteiger partial charge is 0.0639 e. The lowest BCUT2D eigenvalue weighted by Crippen LogP contribution is -2.08. The Morgan fingerprint density at radius 3 is 2.75 bits per heavy atom. The summed E-state index contributed by atoms with van der Waals surface area (Å²) in [5.74, 6) is 0. The minimum absolute atomic E-state index is 1.22. The van der Waals surface area contributed by atoms with Crippen LogP contribution < -0.4 is 0 Å². The fraction of sp³-hybridized carbons (Fsp3) is 0.625. The molecule has 0 radical (unpaired) electrons. The van der Waals surface area contributed by atoms with E-state index < -0.39 is 0 Å². The Morgan fingerprint density at radius 1 is 1.42 bits per heavy atom. The largest absolute Gasteiger partial charge is 0.275 e. The summed E-state index contributed by atoms with van der Waals surface area (Å²) in [6.45, 7) is 2.44. The molecule has 12 heavy (non-hydrogen) atoms. The number of nitrogens with zero attached hydrogens (tertiary/aromatic N) is 3. The summed E-state index contributed by atoms with van der Waals surface area (Å²) in [7, 11) is 1.95. The van der Waals surface area contributed by atoms with Crippen molar-refractivity contribution in [2.45, 2.75) is 17.7 Å². The first-order chi connectivity index (χ1) is 5.84. The Kier molecular flexibility index (Phi) is 2.37. The third-order valence-electron chi connectivity index (χ3n) is 1.98. The molecule has 0 saturated carbocycles. The molecule has 0 amide bonds. The van der Waals surface area contributed by atoms with E-state index in [1.807, 2.05) is 29.9 Å². The van der Waals surface area contributed by atoms with E-state index in [0.29, 0.717) is 0 Å². The Morgan fingerprint density at radius 2 is 2.17 bits per heavy atom.